The fourth-order valence-electron chi connectivity index (χ4n) is 2.07. The van der Waals surface area contributed by atoms with Gasteiger partial charge in [0.1, 0.15) is 0 Å². The molecule has 0 aliphatic carbocycles. The van der Waals surface area contributed by atoms with Crippen LogP contribution in [-0.4, -0.2) is 6.61 Å². The number of benzene rings is 2. The summed E-state index contributed by atoms with van der Waals surface area (Å²) in [5, 5.41) is 4.19. The van der Waals surface area contributed by atoms with Crippen molar-refractivity contribution in [2.75, 3.05) is 6.61 Å². The Kier molecular flexibility index (Phi) is 6.71. The van der Waals surface area contributed by atoms with Crippen molar-refractivity contribution < 1.29 is 4.74 Å². The van der Waals surface area contributed by atoms with E-state index in [9.17, 15) is 0 Å². The lowest BCUT2D eigenvalue weighted by Crippen LogP contribution is -2.14. The molecule has 2 nitrogen and oxygen atoms in total. The van der Waals surface area contributed by atoms with Crippen LogP contribution in [0.15, 0.2) is 46.9 Å². The molecule has 0 saturated heterocycles. The molecule has 0 aromatic heterocycles. The first-order valence-corrected chi connectivity index (χ1v) is 8.17. The lowest BCUT2D eigenvalue weighted by molar-refractivity contribution is 0.133. The van der Waals surface area contributed by atoms with E-state index in [1.54, 1.807) is 0 Å². The number of halogens is 2. The van der Waals surface area contributed by atoms with E-state index in [-0.39, 0.29) is 0 Å². The van der Waals surface area contributed by atoms with Gasteiger partial charge < -0.3 is 10.1 Å². The van der Waals surface area contributed by atoms with Crippen molar-refractivity contribution in [1.82, 2.24) is 5.32 Å². The van der Waals surface area contributed by atoms with Gasteiger partial charge in [-0.25, -0.2) is 0 Å². The molecule has 0 aliphatic heterocycles. The van der Waals surface area contributed by atoms with Crippen molar-refractivity contribution in [2.45, 2.75) is 26.6 Å². The summed E-state index contributed by atoms with van der Waals surface area (Å²) < 4.78 is 6.43. The summed E-state index contributed by atoms with van der Waals surface area (Å²) in [6, 6.07) is 14.4. The van der Waals surface area contributed by atoms with Crippen LogP contribution in [0.25, 0.3) is 0 Å². The van der Waals surface area contributed by atoms with Gasteiger partial charge in [0.25, 0.3) is 0 Å². The smallest absolute Gasteiger partial charge is 0.0719 e. The number of hydrogen-bond donors (Lipinski definition) is 1. The van der Waals surface area contributed by atoms with E-state index in [4.69, 9.17) is 16.3 Å². The second-order valence-corrected chi connectivity index (χ2v) is 6.02. The maximum atomic E-state index is 6.10. The van der Waals surface area contributed by atoms with Gasteiger partial charge in [-0.15, -0.1) is 0 Å². The van der Waals surface area contributed by atoms with Gasteiger partial charge in [-0.2, -0.15) is 0 Å². The minimum Gasteiger partial charge on any atom is -0.377 e. The van der Waals surface area contributed by atoms with Crippen LogP contribution in [0, 0.1) is 0 Å². The fraction of sp³-hybridized carbons (Fsp3) is 0.294. The van der Waals surface area contributed by atoms with Gasteiger partial charge in [0, 0.05) is 24.2 Å². The predicted molar refractivity (Wildman–Crippen MR) is 91.5 cm³/mol. The van der Waals surface area contributed by atoms with Gasteiger partial charge in [0.05, 0.1) is 11.6 Å². The van der Waals surface area contributed by atoms with Gasteiger partial charge in [0.2, 0.25) is 0 Å². The van der Waals surface area contributed by atoms with Gasteiger partial charge >= 0.3 is 0 Å². The van der Waals surface area contributed by atoms with Gasteiger partial charge in [-0.1, -0.05) is 41.9 Å². The number of rotatable bonds is 7. The van der Waals surface area contributed by atoms with E-state index in [0.717, 1.165) is 29.2 Å². The average Bonchev–Trinajstić information content (AvgIpc) is 2.50. The van der Waals surface area contributed by atoms with Crippen molar-refractivity contribution in [3.8, 4) is 0 Å². The molecular formula is C17H19BrClNO. The third kappa shape index (κ3) is 5.11. The van der Waals surface area contributed by atoms with E-state index in [1.165, 1.54) is 16.7 Å². The Bertz CT molecular complexity index is 589. The van der Waals surface area contributed by atoms with Crippen molar-refractivity contribution >= 4 is 27.5 Å². The molecule has 0 unspecified atom stereocenters. The second-order valence-electron chi connectivity index (χ2n) is 4.76. The third-order valence-corrected chi connectivity index (χ3v) is 4.44. The highest BCUT2D eigenvalue weighted by Crippen LogP contribution is 2.23. The highest BCUT2D eigenvalue weighted by Gasteiger charge is 2.03. The summed E-state index contributed by atoms with van der Waals surface area (Å²) in [5.41, 5.74) is 3.68. The quantitative estimate of drug-likeness (QED) is 0.748. The Morgan fingerprint density at radius 3 is 2.57 bits per heavy atom. The normalized spacial score (nSPS) is 10.8. The molecule has 0 fully saturated rings. The zero-order chi connectivity index (χ0) is 15.1. The molecule has 2 rings (SSSR count). The summed E-state index contributed by atoms with van der Waals surface area (Å²) >= 11 is 9.50. The first-order chi connectivity index (χ1) is 10.2. The summed E-state index contributed by atoms with van der Waals surface area (Å²) in [6.07, 6.45) is 0. The standard InChI is InChI=1S/C17H19BrClNO/c1-2-21-12-15-6-4-3-5-14(15)11-20-10-13-7-8-16(18)17(19)9-13/h3-9,20H,2,10-12H2,1H3. The average molecular weight is 369 g/mol. The second kappa shape index (κ2) is 8.54. The molecule has 21 heavy (non-hydrogen) atoms. The molecule has 1 N–H and O–H groups in total. The zero-order valence-electron chi connectivity index (χ0n) is 12.0. The fourth-order valence-corrected chi connectivity index (χ4v) is 2.52. The number of ether oxygens (including phenoxy) is 1. The van der Waals surface area contributed by atoms with E-state index in [2.05, 4.69) is 45.5 Å². The molecule has 0 aliphatic rings. The lowest BCUT2D eigenvalue weighted by atomic mass is 10.1. The van der Waals surface area contributed by atoms with E-state index < -0.39 is 0 Å². The van der Waals surface area contributed by atoms with E-state index in [0.29, 0.717) is 6.61 Å². The third-order valence-electron chi connectivity index (χ3n) is 3.21. The van der Waals surface area contributed by atoms with Crippen LogP contribution in [0.2, 0.25) is 5.02 Å². The van der Waals surface area contributed by atoms with Crippen LogP contribution in [-0.2, 0) is 24.4 Å². The van der Waals surface area contributed by atoms with Crippen LogP contribution in [0.1, 0.15) is 23.6 Å². The molecule has 4 heteroatoms. The van der Waals surface area contributed by atoms with Crippen molar-refractivity contribution in [3.63, 3.8) is 0 Å². The van der Waals surface area contributed by atoms with Crippen LogP contribution in [0.5, 0.6) is 0 Å². The Morgan fingerprint density at radius 1 is 1.10 bits per heavy atom. The maximum Gasteiger partial charge on any atom is 0.0719 e. The topological polar surface area (TPSA) is 21.3 Å². The van der Waals surface area contributed by atoms with Crippen molar-refractivity contribution in [2.24, 2.45) is 0 Å². The highest BCUT2D eigenvalue weighted by atomic mass is 79.9. The molecular weight excluding hydrogens is 350 g/mol. The highest BCUT2D eigenvalue weighted by molar-refractivity contribution is 9.10. The molecule has 0 heterocycles. The minimum atomic E-state index is 0.665. The van der Waals surface area contributed by atoms with Gasteiger partial charge in [-0.05, 0) is 51.7 Å². The van der Waals surface area contributed by atoms with Crippen LogP contribution in [0.3, 0.4) is 0 Å². The van der Waals surface area contributed by atoms with Gasteiger partial charge in [-0.3, -0.25) is 0 Å². The first kappa shape index (κ1) is 16.5. The maximum absolute atomic E-state index is 6.10. The lowest BCUT2D eigenvalue weighted by Gasteiger charge is -2.11. The Hall–Kier alpha value is -0.870. The van der Waals surface area contributed by atoms with E-state index in [1.807, 2.05) is 25.1 Å². The van der Waals surface area contributed by atoms with Crippen LogP contribution in [0.4, 0.5) is 0 Å². The zero-order valence-corrected chi connectivity index (χ0v) is 14.4. The SMILES string of the molecule is CCOCc1ccccc1CNCc1ccc(Br)c(Cl)c1. The predicted octanol–water partition coefficient (Wildman–Crippen LogP) is 4.93. The first-order valence-electron chi connectivity index (χ1n) is 7.00. The number of hydrogen-bond acceptors (Lipinski definition) is 2. The molecule has 0 bridgehead atoms. The van der Waals surface area contributed by atoms with E-state index >= 15 is 0 Å². The van der Waals surface area contributed by atoms with Crippen LogP contribution < -0.4 is 5.32 Å². The Balaban J connectivity index is 1.92. The van der Waals surface area contributed by atoms with Gasteiger partial charge in [0.15, 0.2) is 0 Å². The van der Waals surface area contributed by atoms with Crippen molar-refractivity contribution in [3.05, 3.63) is 68.7 Å². The largest absolute Gasteiger partial charge is 0.377 e. The molecule has 2 aromatic carbocycles. The summed E-state index contributed by atoms with van der Waals surface area (Å²) in [7, 11) is 0. The molecule has 0 spiro atoms. The molecule has 2 aromatic rings. The monoisotopic (exact) mass is 367 g/mol. The molecule has 112 valence electrons. The molecule has 0 saturated carbocycles. The molecule has 0 radical (unpaired) electrons. The molecule has 0 amide bonds. The Labute approximate surface area is 139 Å². The molecule has 0 atom stereocenters. The summed E-state index contributed by atoms with van der Waals surface area (Å²) in [6.45, 7) is 5.02. The summed E-state index contributed by atoms with van der Waals surface area (Å²) in [4.78, 5) is 0. The minimum absolute atomic E-state index is 0.665. The Morgan fingerprint density at radius 2 is 1.86 bits per heavy atom. The summed E-state index contributed by atoms with van der Waals surface area (Å²) in [5.74, 6) is 0. The van der Waals surface area contributed by atoms with Crippen LogP contribution >= 0.6 is 27.5 Å². The number of nitrogens with one attached hydrogen (secondary N) is 1. The van der Waals surface area contributed by atoms with Crippen molar-refractivity contribution in [1.29, 1.82) is 0 Å².